The van der Waals surface area contributed by atoms with Crippen LogP contribution < -0.4 is 14.4 Å². The second kappa shape index (κ2) is 10.7. The fourth-order valence-corrected chi connectivity index (χ4v) is 4.49. The van der Waals surface area contributed by atoms with Gasteiger partial charge in [-0.2, -0.15) is 0 Å². The zero-order valence-corrected chi connectivity index (χ0v) is 20.0. The Balaban J connectivity index is 1.50. The van der Waals surface area contributed by atoms with Crippen LogP contribution in [0.3, 0.4) is 0 Å². The van der Waals surface area contributed by atoms with Crippen molar-refractivity contribution in [3.8, 4) is 11.5 Å². The van der Waals surface area contributed by atoms with Crippen molar-refractivity contribution < 1.29 is 18.7 Å². The lowest BCUT2D eigenvalue weighted by atomic mass is 9.99. The van der Waals surface area contributed by atoms with Crippen molar-refractivity contribution in [1.82, 2.24) is 4.90 Å². The minimum absolute atomic E-state index is 0.0641. The van der Waals surface area contributed by atoms with E-state index < -0.39 is 0 Å². The highest BCUT2D eigenvalue weighted by Gasteiger charge is 2.30. The normalized spacial score (nSPS) is 14.6. The van der Waals surface area contributed by atoms with Gasteiger partial charge in [-0.05, 0) is 62.2 Å². The van der Waals surface area contributed by atoms with Gasteiger partial charge in [-0.25, -0.2) is 4.39 Å². The third-order valence-electron chi connectivity index (χ3n) is 6.43. The molecule has 178 valence electrons. The Bertz CT molecular complexity index is 1110. The number of rotatable bonds is 7. The lowest BCUT2D eigenvalue weighted by Gasteiger charge is -2.39. The Labute approximate surface area is 200 Å². The maximum absolute atomic E-state index is 13.5. The monoisotopic (exact) mass is 462 g/mol. The molecule has 0 bridgehead atoms. The summed E-state index contributed by atoms with van der Waals surface area (Å²) >= 11 is 0. The SMILES string of the molecule is COc1ccc(CN2CCC(N(C(=O)c3ccc(F)cc3)c3ccc(C)cc3)CC2)c(OC)c1. The molecule has 4 rings (SSSR count). The van der Waals surface area contributed by atoms with Gasteiger partial charge in [0.1, 0.15) is 17.3 Å². The third-order valence-corrected chi connectivity index (χ3v) is 6.43. The molecule has 3 aromatic rings. The topological polar surface area (TPSA) is 42.0 Å². The molecule has 34 heavy (non-hydrogen) atoms. The summed E-state index contributed by atoms with van der Waals surface area (Å²) in [5, 5.41) is 0. The smallest absolute Gasteiger partial charge is 0.258 e. The molecule has 6 heteroatoms. The highest BCUT2D eigenvalue weighted by molar-refractivity contribution is 6.06. The maximum atomic E-state index is 13.5. The average molecular weight is 463 g/mol. The zero-order valence-electron chi connectivity index (χ0n) is 20.0. The van der Waals surface area contributed by atoms with Crippen molar-refractivity contribution >= 4 is 11.6 Å². The summed E-state index contributed by atoms with van der Waals surface area (Å²) in [6, 6.07) is 19.8. The summed E-state index contributed by atoms with van der Waals surface area (Å²) in [6.07, 6.45) is 1.69. The third kappa shape index (κ3) is 5.39. The predicted octanol–water partition coefficient (Wildman–Crippen LogP) is 5.46. The Morgan fingerprint density at radius 1 is 0.971 bits per heavy atom. The first-order chi connectivity index (χ1) is 16.5. The summed E-state index contributed by atoms with van der Waals surface area (Å²) < 4.78 is 24.3. The minimum Gasteiger partial charge on any atom is -0.497 e. The van der Waals surface area contributed by atoms with Crippen LogP contribution in [0.2, 0.25) is 0 Å². The Kier molecular flexibility index (Phi) is 7.48. The van der Waals surface area contributed by atoms with Crippen molar-refractivity contribution in [2.75, 3.05) is 32.2 Å². The maximum Gasteiger partial charge on any atom is 0.258 e. The number of carbonyl (C=O) groups is 1. The quantitative estimate of drug-likeness (QED) is 0.467. The average Bonchev–Trinajstić information content (AvgIpc) is 2.87. The summed E-state index contributed by atoms with van der Waals surface area (Å²) in [4.78, 5) is 17.8. The number of ether oxygens (including phenoxy) is 2. The Morgan fingerprint density at radius 2 is 1.65 bits per heavy atom. The molecule has 0 N–H and O–H groups in total. The summed E-state index contributed by atoms with van der Waals surface area (Å²) in [6.45, 7) is 4.52. The molecule has 1 heterocycles. The van der Waals surface area contributed by atoms with Crippen LogP contribution in [-0.4, -0.2) is 44.2 Å². The number of benzene rings is 3. The number of halogens is 1. The van der Waals surface area contributed by atoms with Gasteiger partial charge >= 0.3 is 0 Å². The van der Waals surface area contributed by atoms with Crippen LogP contribution in [0.5, 0.6) is 11.5 Å². The van der Waals surface area contributed by atoms with Gasteiger partial charge < -0.3 is 14.4 Å². The van der Waals surface area contributed by atoms with E-state index in [1.54, 1.807) is 26.4 Å². The number of methoxy groups -OCH3 is 2. The van der Waals surface area contributed by atoms with Crippen LogP contribution in [0, 0.1) is 12.7 Å². The Morgan fingerprint density at radius 3 is 2.26 bits per heavy atom. The lowest BCUT2D eigenvalue weighted by molar-refractivity contribution is 0.0958. The van der Waals surface area contributed by atoms with Crippen LogP contribution in [0.15, 0.2) is 66.7 Å². The molecule has 0 atom stereocenters. The largest absolute Gasteiger partial charge is 0.497 e. The number of hydrogen-bond acceptors (Lipinski definition) is 4. The van der Waals surface area contributed by atoms with Crippen LogP contribution in [0.1, 0.15) is 34.3 Å². The first kappa shape index (κ1) is 23.8. The number of aryl methyl sites for hydroxylation is 1. The van der Waals surface area contributed by atoms with Crippen LogP contribution >= 0.6 is 0 Å². The molecule has 0 aromatic heterocycles. The molecule has 0 spiro atoms. The van der Waals surface area contributed by atoms with Gasteiger partial charge in [-0.15, -0.1) is 0 Å². The van der Waals surface area contributed by atoms with E-state index in [4.69, 9.17) is 9.47 Å². The summed E-state index contributed by atoms with van der Waals surface area (Å²) in [7, 11) is 3.32. The van der Waals surface area contributed by atoms with Gasteiger partial charge in [0.2, 0.25) is 0 Å². The molecular formula is C28H31FN2O3. The lowest BCUT2D eigenvalue weighted by Crippen LogP contribution is -2.47. The number of nitrogens with zero attached hydrogens (tertiary/aromatic N) is 2. The number of amides is 1. The predicted molar refractivity (Wildman–Crippen MR) is 132 cm³/mol. The summed E-state index contributed by atoms with van der Waals surface area (Å²) in [5.41, 5.74) is 3.61. The van der Waals surface area contributed by atoms with Crippen molar-refractivity contribution in [3.63, 3.8) is 0 Å². The van der Waals surface area contributed by atoms with Crippen molar-refractivity contribution in [2.24, 2.45) is 0 Å². The molecule has 1 amide bonds. The molecular weight excluding hydrogens is 431 g/mol. The van der Waals surface area contributed by atoms with Crippen molar-refractivity contribution in [1.29, 1.82) is 0 Å². The van der Waals surface area contributed by atoms with Crippen LogP contribution in [-0.2, 0) is 6.54 Å². The number of carbonyl (C=O) groups excluding carboxylic acids is 1. The highest BCUT2D eigenvalue weighted by atomic mass is 19.1. The second-order valence-corrected chi connectivity index (χ2v) is 8.70. The molecule has 0 aliphatic carbocycles. The van der Waals surface area contributed by atoms with E-state index in [1.165, 1.54) is 12.1 Å². The standard InChI is InChI=1S/C28H31FN2O3/c1-20-4-11-24(12-5-20)31(28(32)21-6-9-23(29)10-7-21)25-14-16-30(17-15-25)19-22-8-13-26(33-2)18-27(22)34-3/h4-13,18,25H,14-17,19H2,1-3H3. The number of piperidine rings is 1. The molecule has 1 fully saturated rings. The van der Waals surface area contributed by atoms with Gasteiger partial charge in [0.15, 0.2) is 0 Å². The molecule has 1 aliphatic heterocycles. The molecule has 5 nitrogen and oxygen atoms in total. The van der Waals surface area contributed by atoms with E-state index >= 15 is 0 Å². The van der Waals surface area contributed by atoms with E-state index in [-0.39, 0.29) is 17.8 Å². The van der Waals surface area contributed by atoms with E-state index in [2.05, 4.69) is 4.90 Å². The molecule has 3 aromatic carbocycles. The van der Waals surface area contributed by atoms with E-state index in [0.29, 0.717) is 5.56 Å². The van der Waals surface area contributed by atoms with Crippen molar-refractivity contribution in [3.05, 3.63) is 89.2 Å². The van der Waals surface area contributed by atoms with Gasteiger partial charge in [0, 0.05) is 48.6 Å². The Hall–Kier alpha value is -3.38. The number of likely N-dealkylation sites (tertiary alicyclic amines) is 1. The molecule has 0 unspecified atom stereocenters. The van der Waals surface area contributed by atoms with Gasteiger partial charge in [-0.1, -0.05) is 23.8 Å². The van der Waals surface area contributed by atoms with E-state index in [1.807, 2.05) is 54.3 Å². The number of hydrogen-bond donors (Lipinski definition) is 0. The molecule has 1 aliphatic rings. The van der Waals surface area contributed by atoms with Crippen molar-refractivity contribution in [2.45, 2.75) is 32.4 Å². The first-order valence-corrected chi connectivity index (χ1v) is 11.6. The molecule has 1 saturated heterocycles. The van der Waals surface area contributed by atoms with Crippen LogP contribution in [0.4, 0.5) is 10.1 Å². The van der Waals surface area contributed by atoms with Gasteiger partial charge in [0.05, 0.1) is 14.2 Å². The summed E-state index contributed by atoms with van der Waals surface area (Å²) in [5.74, 6) is 1.14. The molecule has 0 radical (unpaired) electrons. The fraction of sp³-hybridized carbons (Fsp3) is 0.321. The van der Waals surface area contributed by atoms with Gasteiger partial charge in [0.25, 0.3) is 5.91 Å². The fourth-order valence-electron chi connectivity index (χ4n) is 4.49. The van der Waals surface area contributed by atoms with Crippen LogP contribution in [0.25, 0.3) is 0 Å². The second-order valence-electron chi connectivity index (χ2n) is 8.70. The minimum atomic E-state index is -0.347. The number of anilines is 1. The highest BCUT2D eigenvalue weighted by Crippen LogP contribution is 2.29. The first-order valence-electron chi connectivity index (χ1n) is 11.6. The van der Waals surface area contributed by atoms with Gasteiger partial charge in [-0.3, -0.25) is 9.69 Å². The molecule has 0 saturated carbocycles. The zero-order chi connectivity index (χ0) is 24.1. The van der Waals surface area contributed by atoms with E-state index in [0.717, 1.165) is 60.8 Å². The van der Waals surface area contributed by atoms with E-state index in [9.17, 15) is 9.18 Å².